The topological polar surface area (TPSA) is 55.5 Å². The smallest absolute Gasteiger partial charge is 0.276 e. The molecule has 4 nitrogen and oxygen atoms in total. The number of halogens is 1. The van der Waals surface area contributed by atoms with Crippen LogP contribution in [0.4, 0.5) is 4.39 Å². The summed E-state index contributed by atoms with van der Waals surface area (Å²) < 4.78 is 18.8. The van der Waals surface area contributed by atoms with Crippen molar-refractivity contribution < 1.29 is 14.1 Å². The van der Waals surface area contributed by atoms with E-state index in [0.29, 0.717) is 16.9 Å². The minimum atomic E-state index is -0.215. The summed E-state index contributed by atoms with van der Waals surface area (Å²) in [6, 6.07) is 6.58. The van der Waals surface area contributed by atoms with E-state index < -0.39 is 0 Å². The SMILES string of the molecule is Fc1cccc(CSc2nnc(C3CC[NH2+]CC3)o2)c1. The van der Waals surface area contributed by atoms with Crippen molar-refractivity contribution in [2.45, 2.75) is 29.7 Å². The number of piperidine rings is 1. The zero-order valence-electron chi connectivity index (χ0n) is 11.1. The first-order chi connectivity index (χ1) is 9.81. The molecule has 20 heavy (non-hydrogen) atoms. The Hall–Kier alpha value is -1.40. The maximum atomic E-state index is 13.1. The van der Waals surface area contributed by atoms with Gasteiger partial charge in [0.05, 0.1) is 13.1 Å². The van der Waals surface area contributed by atoms with E-state index in [2.05, 4.69) is 15.5 Å². The number of benzene rings is 1. The average Bonchev–Trinajstić information content (AvgIpc) is 2.95. The minimum absolute atomic E-state index is 0.215. The van der Waals surface area contributed by atoms with Crippen molar-refractivity contribution in [1.29, 1.82) is 0 Å². The molecule has 106 valence electrons. The van der Waals surface area contributed by atoms with Crippen LogP contribution >= 0.6 is 11.8 Å². The van der Waals surface area contributed by atoms with Crippen LogP contribution in [0.1, 0.15) is 30.2 Å². The predicted octanol–water partition coefficient (Wildman–Crippen LogP) is 1.94. The second kappa shape index (κ2) is 6.37. The molecule has 3 rings (SSSR count). The van der Waals surface area contributed by atoms with E-state index in [1.165, 1.54) is 23.9 Å². The van der Waals surface area contributed by atoms with Crippen molar-refractivity contribution in [3.05, 3.63) is 41.5 Å². The lowest BCUT2D eigenvalue weighted by Gasteiger charge is -2.16. The van der Waals surface area contributed by atoms with E-state index >= 15 is 0 Å². The fraction of sp³-hybridized carbons (Fsp3) is 0.429. The van der Waals surface area contributed by atoms with Gasteiger partial charge in [-0.15, -0.1) is 10.2 Å². The Kier molecular flexibility index (Phi) is 4.32. The molecule has 0 aliphatic carbocycles. The molecule has 1 aromatic carbocycles. The first kappa shape index (κ1) is 13.6. The number of hydrogen-bond donors (Lipinski definition) is 1. The van der Waals surface area contributed by atoms with E-state index in [1.54, 1.807) is 6.07 Å². The summed E-state index contributed by atoms with van der Waals surface area (Å²) in [6.45, 7) is 2.25. The van der Waals surface area contributed by atoms with E-state index in [4.69, 9.17) is 4.42 Å². The number of nitrogens with two attached hydrogens (primary N) is 1. The van der Waals surface area contributed by atoms with E-state index in [-0.39, 0.29) is 5.82 Å². The minimum Gasteiger partial charge on any atom is -0.416 e. The van der Waals surface area contributed by atoms with Crippen LogP contribution in [-0.2, 0) is 5.75 Å². The van der Waals surface area contributed by atoms with Crippen LogP contribution in [-0.4, -0.2) is 23.3 Å². The normalized spacial score (nSPS) is 16.4. The lowest BCUT2D eigenvalue weighted by atomic mass is 9.98. The number of rotatable bonds is 4. The molecule has 2 aromatic rings. The Morgan fingerprint density at radius 3 is 2.95 bits per heavy atom. The molecule has 0 unspecified atom stereocenters. The van der Waals surface area contributed by atoms with Gasteiger partial charge in [0, 0.05) is 24.5 Å². The highest BCUT2D eigenvalue weighted by atomic mass is 32.2. The maximum absolute atomic E-state index is 13.1. The van der Waals surface area contributed by atoms with Crippen LogP contribution in [0.3, 0.4) is 0 Å². The molecule has 1 aliphatic heterocycles. The van der Waals surface area contributed by atoms with Crippen LogP contribution in [0, 0.1) is 5.82 Å². The van der Waals surface area contributed by atoms with Gasteiger partial charge in [0.25, 0.3) is 5.22 Å². The zero-order chi connectivity index (χ0) is 13.8. The highest BCUT2D eigenvalue weighted by Crippen LogP contribution is 2.27. The van der Waals surface area contributed by atoms with E-state index in [9.17, 15) is 4.39 Å². The Morgan fingerprint density at radius 1 is 1.30 bits per heavy atom. The number of quaternary nitrogens is 1. The molecule has 1 aliphatic rings. The van der Waals surface area contributed by atoms with Crippen molar-refractivity contribution in [1.82, 2.24) is 10.2 Å². The van der Waals surface area contributed by atoms with Crippen LogP contribution in [0.2, 0.25) is 0 Å². The summed E-state index contributed by atoms with van der Waals surface area (Å²) in [5.74, 6) is 1.57. The molecule has 2 heterocycles. The lowest BCUT2D eigenvalue weighted by molar-refractivity contribution is -0.663. The Bertz CT molecular complexity index is 569. The third kappa shape index (κ3) is 3.37. The van der Waals surface area contributed by atoms with Gasteiger partial charge in [0.2, 0.25) is 5.89 Å². The number of hydrogen-bond acceptors (Lipinski definition) is 4. The van der Waals surface area contributed by atoms with Crippen molar-refractivity contribution in [3.63, 3.8) is 0 Å². The van der Waals surface area contributed by atoms with Crippen molar-refractivity contribution >= 4 is 11.8 Å². The number of aromatic nitrogens is 2. The summed E-state index contributed by atoms with van der Waals surface area (Å²) in [5, 5.41) is 11.1. The Labute approximate surface area is 121 Å². The molecule has 1 aromatic heterocycles. The fourth-order valence-electron chi connectivity index (χ4n) is 2.39. The highest BCUT2D eigenvalue weighted by Gasteiger charge is 2.23. The standard InChI is InChI=1S/C14H16FN3OS/c15-12-3-1-2-10(8-12)9-20-14-18-17-13(19-14)11-4-6-16-7-5-11/h1-3,8,11,16H,4-7,9H2/p+1. The average molecular weight is 294 g/mol. The molecule has 6 heteroatoms. The van der Waals surface area contributed by atoms with Gasteiger partial charge in [-0.2, -0.15) is 0 Å². The van der Waals surface area contributed by atoms with Crippen LogP contribution in [0.15, 0.2) is 33.9 Å². The summed E-state index contributed by atoms with van der Waals surface area (Å²) in [4.78, 5) is 0. The largest absolute Gasteiger partial charge is 0.416 e. The van der Waals surface area contributed by atoms with Crippen LogP contribution < -0.4 is 5.32 Å². The first-order valence-electron chi connectivity index (χ1n) is 6.83. The van der Waals surface area contributed by atoms with E-state index in [0.717, 1.165) is 37.4 Å². The summed E-state index contributed by atoms with van der Waals surface area (Å²) in [7, 11) is 0. The maximum Gasteiger partial charge on any atom is 0.276 e. The van der Waals surface area contributed by atoms with Crippen molar-refractivity contribution in [3.8, 4) is 0 Å². The van der Waals surface area contributed by atoms with Crippen LogP contribution in [0.5, 0.6) is 0 Å². The van der Waals surface area contributed by atoms with Gasteiger partial charge >= 0.3 is 0 Å². The van der Waals surface area contributed by atoms with Crippen molar-refractivity contribution in [2.75, 3.05) is 13.1 Å². The monoisotopic (exact) mass is 294 g/mol. The van der Waals surface area contributed by atoms with Crippen molar-refractivity contribution in [2.24, 2.45) is 0 Å². The molecular formula is C14H17FN3OS+. The summed E-state index contributed by atoms with van der Waals surface area (Å²) in [5.41, 5.74) is 0.919. The molecule has 2 N–H and O–H groups in total. The zero-order valence-corrected chi connectivity index (χ0v) is 11.9. The van der Waals surface area contributed by atoms with E-state index in [1.807, 2.05) is 6.07 Å². The van der Waals surface area contributed by atoms with Gasteiger partial charge in [-0.3, -0.25) is 0 Å². The first-order valence-corrected chi connectivity index (χ1v) is 7.82. The Morgan fingerprint density at radius 2 is 2.15 bits per heavy atom. The van der Waals surface area contributed by atoms with Gasteiger partial charge in [0.1, 0.15) is 5.82 Å². The molecule has 0 bridgehead atoms. The summed E-state index contributed by atoms with van der Waals surface area (Å²) >= 11 is 1.45. The second-order valence-corrected chi connectivity index (χ2v) is 5.89. The molecule has 0 radical (unpaired) electrons. The molecule has 0 saturated carbocycles. The number of nitrogens with zero attached hydrogens (tertiary/aromatic N) is 2. The Balaban J connectivity index is 1.59. The quantitative estimate of drug-likeness (QED) is 0.876. The molecule has 0 spiro atoms. The van der Waals surface area contributed by atoms with Gasteiger partial charge in [-0.05, 0) is 17.7 Å². The van der Waals surface area contributed by atoms with Gasteiger partial charge in [0.15, 0.2) is 0 Å². The third-order valence-corrected chi connectivity index (χ3v) is 4.35. The lowest BCUT2D eigenvalue weighted by Crippen LogP contribution is -2.86. The predicted molar refractivity (Wildman–Crippen MR) is 73.9 cm³/mol. The van der Waals surface area contributed by atoms with Crippen LogP contribution in [0.25, 0.3) is 0 Å². The molecular weight excluding hydrogens is 277 g/mol. The van der Waals surface area contributed by atoms with Gasteiger partial charge in [-0.25, -0.2) is 4.39 Å². The molecule has 0 atom stereocenters. The number of thioether (sulfide) groups is 1. The third-order valence-electron chi connectivity index (χ3n) is 3.46. The summed E-state index contributed by atoms with van der Waals surface area (Å²) in [6.07, 6.45) is 2.19. The van der Waals surface area contributed by atoms with Gasteiger partial charge in [-0.1, -0.05) is 23.9 Å². The second-order valence-electron chi connectivity index (χ2n) is 4.97. The van der Waals surface area contributed by atoms with Gasteiger partial charge < -0.3 is 9.73 Å². The molecule has 1 saturated heterocycles. The molecule has 1 fully saturated rings. The highest BCUT2D eigenvalue weighted by molar-refractivity contribution is 7.98. The fourth-order valence-corrected chi connectivity index (χ4v) is 3.10. The molecule has 0 amide bonds.